The van der Waals surface area contributed by atoms with Gasteiger partial charge in [0.2, 0.25) is 0 Å². The number of carboxylic acid groups (broad SMARTS) is 2. The Morgan fingerprint density at radius 1 is 1.12 bits per heavy atom. The highest BCUT2D eigenvalue weighted by molar-refractivity contribution is 5.53. The molecule has 0 saturated heterocycles. The number of benzene rings is 1. The molecule has 0 aromatic heterocycles. The standard InChI is InChI=1S/C11H17N.CH2O3/c1-4-12(5-2)11-8-6-10(3)7-9-11;2-1(3)4/h6-9H,4-5H2,1-3H3;(H2,2,3,4). The quantitative estimate of drug-likeness (QED) is 0.830. The second-order valence-corrected chi connectivity index (χ2v) is 3.29. The van der Waals surface area contributed by atoms with E-state index in [1.165, 1.54) is 11.3 Å². The molecule has 1 aromatic rings. The third kappa shape index (κ3) is 5.90. The van der Waals surface area contributed by atoms with Crippen molar-refractivity contribution in [1.29, 1.82) is 0 Å². The van der Waals surface area contributed by atoms with Crippen LogP contribution in [0.1, 0.15) is 19.4 Å². The summed E-state index contributed by atoms with van der Waals surface area (Å²) in [7, 11) is 0. The Morgan fingerprint density at radius 3 is 1.81 bits per heavy atom. The van der Waals surface area contributed by atoms with Gasteiger partial charge in [0.15, 0.2) is 0 Å². The zero-order valence-electron chi connectivity index (χ0n) is 9.97. The van der Waals surface area contributed by atoms with E-state index < -0.39 is 6.16 Å². The molecule has 0 amide bonds. The molecule has 1 aromatic carbocycles. The van der Waals surface area contributed by atoms with Gasteiger partial charge in [-0.2, -0.15) is 0 Å². The van der Waals surface area contributed by atoms with Crippen LogP contribution in [-0.2, 0) is 0 Å². The fraction of sp³-hybridized carbons (Fsp3) is 0.417. The Kier molecular flexibility index (Phi) is 6.76. The first-order valence-corrected chi connectivity index (χ1v) is 5.24. The zero-order valence-corrected chi connectivity index (χ0v) is 9.97. The summed E-state index contributed by atoms with van der Waals surface area (Å²) in [5, 5.41) is 13.9. The van der Waals surface area contributed by atoms with E-state index in [1.807, 2.05) is 0 Å². The molecule has 0 bridgehead atoms. The molecular formula is C12H19NO3. The molecule has 4 nitrogen and oxygen atoms in total. The van der Waals surface area contributed by atoms with Crippen LogP contribution in [0.3, 0.4) is 0 Å². The van der Waals surface area contributed by atoms with Gasteiger partial charge in [0.25, 0.3) is 0 Å². The SMILES string of the molecule is CCN(CC)c1ccc(C)cc1.O=C(O)O. The highest BCUT2D eigenvalue weighted by atomic mass is 16.6. The van der Waals surface area contributed by atoms with Crippen LogP contribution >= 0.6 is 0 Å². The van der Waals surface area contributed by atoms with Crippen LogP contribution in [-0.4, -0.2) is 29.5 Å². The van der Waals surface area contributed by atoms with Crippen LogP contribution < -0.4 is 4.90 Å². The van der Waals surface area contributed by atoms with Gasteiger partial charge in [-0.15, -0.1) is 0 Å². The van der Waals surface area contributed by atoms with E-state index in [-0.39, 0.29) is 0 Å². The Bertz CT molecular complexity index is 301. The summed E-state index contributed by atoms with van der Waals surface area (Å²) in [4.78, 5) is 10.9. The second kappa shape index (κ2) is 7.56. The first kappa shape index (κ1) is 14.3. The Hall–Kier alpha value is -1.71. The Balaban J connectivity index is 0.000000487. The average molecular weight is 225 g/mol. The fourth-order valence-corrected chi connectivity index (χ4v) is 1.34. The van der Waals surface area contributed by atoms with Crippen molar-refractivity contribution in [1.82, 2.24) is 0 Å². The van der Waals surface area contributed by atoms with Crippen molar-refractivity contribution in [3.63, 3.8) is 0 Å². The minimum Gasteiger partial charge on any atom is -0.450 e. The lowest BCUT2D eigenvalue weighted by Crippen LogP contribution is -2.21. The van der Waals surface area contributed by atoms with Crippen molar-refractivity contribution in [2.75, 3.05) is 18.0 Å². The van der Waals surface area contributed by atoms with E-state index in [4.69, 9.17) is 15.0 Å². The van der Waals surface area contributed by atoms with Gasteiger partial charge in [0.05, 0.1) is 0 Å². The predicted octanol–water partition coefficient (Wildman–Crippen LogP) is 3.06. The van der Waals surface area contributed by atoms with Crippen molar-refractivity contribution in [3.8, 4) is 0 Å². The van der Waals surface area contributed by atoms with Crippen LogP contribution in [0.5, 0.6) is 0 Å². The molecule has 16 heavy (non-hydrogen) atoms. The summed E-state index contributed by atoms with van der Waals surface area (Å²) in [5.74, 6) is 0. The Labute approximate surface area is 96.1 Å². The molecule has 90 valence electrons. The van der Waals surface area contributed by atoms with Crippen LogP contribution in [0.25, 0.3) is 0 Å². The van der Waals surface area contributed by atoms with E-state index >= 15 is 0 Å². The summed E-state index contributed by atoms with van der Waals surface area (Å²) in [6.45, 7) is 8.65. The maximum Gasteiger partial charge on any atom is 0.503 e. The number of rotatable bonds is 3. The molecule has 0 unspecified atom stereocenters. The molecule has 0 radical (unpaired) electrons. The minimum atomic E-state index is -1.83. The Morgan fingerprint density at radius 2 is 1.50 bits per heavy atom. The van der Waals surface area contributed by atoms with Crippen LogP contribution in [0, 0.1) is 6.92 Å². The van der Waals surface area contributed by atoms with Crippen LogP contribution in [0.4, 0.5) is 10.5 Å². The van der Waals surface area contributed by atoms with Crippen LogP contribution in [0.2, 0.25) is 0 Å². The molecule has 0 atom stereocenters. The molecule has 0 aliphatic carbocycles. The number of aryl methyl sites for hydroxylation is 1. The summed E-state index contributed by atoms with van der Waals surface area (Å²) < 4.78 is 0. The van der Waals surface area contributed by atoms with Gasteiger partial charge in [-0.1, -0.05) is 17.7 Å². The van der Waals surface area contributed by atoms with Crippen LogP contribution in [0.15, 0.2) is 24.3 Å². The number of hydrogen-bond donors (Lipinski definition) is 2. The monoisotopic (exact) mass is 225 g/mol. The highest BCUT2D eigenvalue weighted by Gasteiger charge is 1.98. The van der Waals surface area contributed by atoms with Crippen molar-refractivity contribution >= 4 is 11.8 Å². The first-order valence-electron chi connectivity index (χ1n) is 5.24. The van der Waals surface area contributed by atoms with Crippen molar-refractivity contribution in [2.45, 2.75) is 20.8 Å². The van der Waals surface area contributed by atoms with Gasteiger partial charge < -0.3 is 15.1 Å². The molecule has 0 heterocycles. The molecular weight excluding hydrogens is 206 g/mol. The second-order valence-electron chi connectivity index (χ2n) is 3.29. The topological polar surface area (TPSA) is 60.8 Å². The highest BCUT2D eigenvalue weighted by Crippen LogP contribution is 2.13. The molecule has 0 spiro atoms. The lowest BCUT2D eigenvalue weighted by Gasteiger charge is -2.20. The lowest BCUT2D eigenvalue weighted by molar-refractivity contribution is 0.137. The van der Waals surface area contributed by atoms with E-state index in [0.717, 1.165) is 13.1 Å². The van der Waals surface area contributed by atoms with Gasteiger partial charge in [-0.3, -0.25) is 0 Å². The number of nitrogens with zero attached hydrogens (tertiary/aromatic N) is 1. The fourth-order valence-electron chi connectivity index (χ4n) is 1.34. The third-order valence-electron chi connectivity index (χ3n) is 2.16. The average Bonchev–Trinajstić information content (AvgIpc) is 2.22. The molecule has 0 aliphatic heterocycles. The summed E-state index contributed by atoms with van der Waals surface area (Å²) in [5.41, 5.74) is 2.65. The first-order chi connectivity index (χ1) is 7.51. The van der Waals surface area contributed by atoms with Gasteiger partial charge in [0.1, 0.15) is 0 Å². The predicted molar refractivity (Wildman–Crippen MR) is 65.4 cm³/mol. The molecule has 0 fully saturated rings. The molecule has 0 aliphatic rings. The smallest absolute Gasteiger partial charge is 0.450 e. The normalized spacial score (nSPS) is 8.94. The van der Waals surface area contributed by atoms with Crippen molar-refractivity contribution in [3.05, 3.63) is 29.8 Å². The summed E-state index contributed by atoms with van der Waals surface area (Å²) >= 11 is 0. The maximum atomic E-state index is 8.56. The number of carbonyl (C=O) groups is 1. The number of anilines is 1. The molecule has 0 saturated carbocycles. The van der Waals surface area contributed by atoms with Crippen molar-refractivity contribution < 1.29 is 15.0 Å². The van der Waals surface area contributed by atoms with Gasteiger partial charge in [0, 0.05) is 18.8 Å². The molecule has 2 N–H and O–H groups in total. The lowest BCUT2D eigenvalue weighted by atomic mass is 10.2. The van der Waals surface area contributed by atoms with Crippen molar-refractivity contribution in [2.24, 2.45) is 0 Å². The van der Waals surface area contributed by atoms with Gasteiger partial charge in [-0.05, 0) is 32.9 Å². The molecule has 1 rings (SSSR count). The maximum absolute atomic E-state index is 8.56. The zero-order chi connectivity index (χ0) is 12.6. The van der Waals surface area contributed by atoms with E-state index in [9.17, 15) is 0 Å². The van der Waals surface area contributed by atoms with E-state index in [1.54, 1.807) is 0 Å². The summed E-state index contributed by atoms with van der Waals surface area (Å²) in [6, 6.07) is 8.69. The van der Waals surface area contributed by atoms with E-state index in [2.05, 4.69) is 49.9 Å². The largest absolute Gasteiger partial charge is 0.503 e. The van der Waals surface area contributed by atoms with Gasteiger partial charge in [-0.25, -0.2) is 4.79 Å². The minimum absolute atomic E-state index is 1.08. The molecule has 4 heteroatoms. The number of hydrogen-bond acceptors (Lipinski definition) is 2. The van der Waals surface area contributed by atoms with Gasteiger partial charge >= 0.3 is 6.16 Å². The third-order valence-corrected chi connectivity index (χ3v) is 2.16. The summed E-state index contributed by atoms with van der Waals surface area (Å²) in [6.07, 6.45) is -1.83. The van der Waals surface area contributed by atoms with E-state index in [0.29, 0.717) is 0 Å².